The van der Waals surface area contributed by atoms with Crippen molar-refractivity contribution >= 4 is 13.8 Å². The summed E-state index contributed by atoms with van der Waals surface area (Å²) in [7, 11) is -4.05. The number of carbonyl (C=O) groups excluding carboxylic acids is 1. The molecule has 0 amide bonds. The highest BCUT2D eigenvalue weighted by atomic mass is 31.2. The molecular formula is C18H27N2O10P. The van der Waals surface area contributed by atoms with Crippen LogP contribution in [0.4, 0.5) is 0 Å². The molecule has 2 N–H and O–H groups in total. The van der Waals surface area contributed by atoms with E-state index >= 15 is 0 Å². The first-order valence-electron chi connectivity index (χ1n) is 9.90. The number of rotatable bonds is 7. The topological polar surface area (TPSA) is 155 Å². The lowest BCUT2D eigenvalue weighted by molar-refractivity contribution is -0.152. The van der Waals surface area contributed by atoms with E-state index in [2.05, 4.69) is 4.98 Å². The minimum absolute atomic E-state index is 0.102. The highest BCUT2D eigenvalue weighted by Crippen LogP contribution is 2.58. The van der Waals surface area contributed by atoms with E-state index < -0.39 is 55.0 Å². The Kier molecular flexibility index (Phi) is 6.90. The summed E-state index contributed by atoms with van der Waals surface area (Å²) >= 11 is 0. The SMILES string of the molecule is CC(C)OC(=O)[C@H](C)CCOP1(=O)OC[C@H]2O[C@@H](n3ccc(=O)[nH]c3=O)[C@](C)(O)[C@@H]2O1. The lowest BCUT2D eigenvalue weighted by Crippen LogP contribution is -2.49. The van der Waals surface area contributed by atoms with E-state index in [1.807, 2.05) is 0 Å². The monoisotopic (exact) mass is 462 g/mol. The number of phosphoric ester groups is 1. The first kappa shape index (κ1) is 23.8. The Morgan fingerprint density at radius 3 is 2.77 bits per heavy atom. The molecule has 0 spiro atoms. The largest absolute Gasteiger partial charge is 0.475 e. The van der Waals surface area contributed by atoms with Crippen LogP contribution in [0.1, 0.15) is 40.3 Å². The maximum absolute atomic E-state index is 12.9. The van der Waals surface area contributed by atoms with Crippen molar-refractivity contribution in [2.45, 2.75) is 64.3 Å². The molecule has 0 aromatic carbocycles. The molecule has 174 valence electrons. The number of H-pyrrole nitrogens is 1. The normalized spacial score (nSPS) is 33.8. The quantitative estimate of drug-likeness (QED) is 0.437. The Hall–Kier alpha value is -1.82. The molecule has 3 rings (SSSR count). The van der Waals surface area contributed by atoms with Gasteiger partial charge in [0, 0.05) is 12.3 Å². The van der Waals surface area contributed by atoms with Gasteiger partial charge in [0.2, 0.25) is 0 Å². The van der Waals surface area contributed by atoms with E-state index in [-0.39, 0.29) is 25.7 Å². The van der Waals surface area contributed by atoms with Crippen molar-refractivity contribution in [2.24, 2.45) is 5.92 Å². The molecule has 0 aliphatic carbocycles. The van der Waals surface area contributed by atoms with Crippen molar-refractivity contribution in [1.82, 2.24) is 9.55 Å². The molecule has 1 unspecified atom stereocenters. The van der Waals surface area contributed by atoms with Gasteiger partial charge in [0.15, 0.2) is 6.23 Å². The molecule has 12 nitrogen and oxygen atoms in total. The zero-order valence-corrected chi connectivity index (χ0v) is 18.6. The third-order valence-electron chi connectivity index (χ3n) is 5.02. The molecule has 0 bridgehead atoms. The van der Waals surface area contributed by atoms with Gasteiger partial charge in [0.25, 0.3) is 5.56 Å². The van der Waals surface area contributed by atoms with Crippen molar-refractivity contribution in [3.63, 3.8) is 0 Å². The number of ether oxygens (including phenoxy) is 2. The summed E-state index contributed by atoms with van der Waals surface area (Å²) in [6, 6.07) is 1.11. The average molecular weight is 462 g/mol. The van der Waals surface area contributed by atoms with Crippen LogP contribution in [0.25, 0.3) is 0 Å². The number of aromatic amines is 1. The van der Waals surface area contributed by atoms with Crippen molar-refractivity contribution < 1.29 is 37.5 Å². The first-order valence-corrected chi connectivity index (χ1v) is 11.4. The molecule has 0 radical (unpaired) electrons. The number of fused-ring (bicyclic) bond motifs is 1. The van der Waals surface area contributed by atoms with Crippen LogP contribution in [0.15, 0.2) is 21.9 Å². The summed E-state index contributed by atoms with van der Waals surface area (Å²) in [4.78, 5) is 37.3. The van der Waals surface area contributed by atoms with Crippen LogP contribution >= 0.6 is 7.82 Å². The Labute approximate surface area is 178 Å². The van der Waals surface area contributed by atoms with Crippen LogP contribution in [0.3, 0.4) is 0 Å². The molecule has 6 atom stereocenters. The number of aromatic nitrogens is 2. The van der Waals surface area contributed by atoms with Crippen LogP contribution in [-0.2, 0) is 32.4 Å². The van der Waals surface area contributed by atoms with Crippen LogP contribution in [0.5, 0.6) is 0 Å². The fraction of sp³-hybridized carbons (Fsp3) is 0.722. The van der Waals surface area contributed by atoms with Crippen molar-refractivity contribution in [3.8, 4) is 0 Å². The van der Waals surface area contributed by atoms with Gasteiger partial charge in [-0.2, -0.15) is 0 Å². The predicted octanol–water partition coefficient (Wildman–Crippen LogP) is 0.703. The number of hydrogen-bond acceptors (Lipinski definition) is 10. The highest BCUT2D eigenvalue weighted by molar-refractivity contribution is 7.48. The average Bonchev–Trinajstić information content (AvgIpc) is 2.91. The highest BCUT2D eigenvalue weighted by Gasteiger charge is 2.60. The van der Waals surface area contributed by atoms with Crippen molar-refractivity contribution in [1.29, 1.82) is 0 Å². The molecule has 1 aromatic rings. The molecule has 3 heterocycles. The van der Waals surface area contributed by atoms with Crippen LogP contribution in [-0.4, -0.2) is 57.8 Å². The van der Waals surface area contributed by atoms with Gasteiger partial charge in [-0.1, -0.05) is 6.92 Å². The fourth-order valence-electron chi connectivity index (χ4n) is 3.36. The fourth-order valence-corrected chi connectivity index (χ4v) is 4.84. The number of phosphoric acid groups is 1. The lowest BCUT2D eigenvalue weighted by atomic mass is 9.96. The van der Waals surface area contributed by atoms with Gasteiger partial charge in [-0.15, -0.1) is 0 Å². The third-order valence-corrected chi connectivity index (χ3v) is 6.46. The molecule has 2 fully saturated rings. The molecule has 2 saturated heterocycles. The lowest BCUT2D eigenvalue weighted by Gasteiger charge is -2.35. The number of aliphatic hydroxyl groups is 1. The third kappa shape index (κ3) is 5.16. The molecule has 2 aliphatic rings. The van der Waals surface area contributed by atoms with Crippen LogP contribution < -0.4 is 11.2 Å². The van der Waals surface area contributed by atoms with Gasteiger partial charge in [0.05, 0.1) is 25.2 Å². The van der Waals surface area contributed by atoms with Crippen molar-refractivity contribution in [3.05, 3.63) is 33.1 Å². The zero-order chi connectivity index (χ0) is 23.0. The second-order valence-corrected chi connectivity index (χ2v) is 9.67. The van der Waals surface area contributed by atoms with Gasteiger partial charge in [-0.05, 0) is 27.2 Å². The molecule has 2 aliphatic heterocycles. The van der Waals surface area contributed by atoms with Gasteiger partial charge in [0.1, 0.15) is 17.8 Å². The van der Waals surface area contributed by atoms with E-state index in [9.17, 15) is 24.1 Å². The van der Waals surface area contributed by atoms with Crippen LogP contribution in [0, 0.1) is 5.92 Å². The Bertz CT molecular complexity index is 971. The van der Waals surface area contributed by atoms with Gasteiger partial charge in [-0.3, -0.25) is 32.7 Å². The molecule has 1 aromatic heterocycles. The molecule has 13 heteroatoms. The minimum Gasteiger partial charge on any atom is -0.463 e. The number of nitrogens with one attached hydrogen (secondary N) is 1. The number of hydrogen-bond donors (Lipinski definition) is 2. The maximum atomic E-state index is 12.9. The Morgan fingerprint density at radius 2 is 2.13 bits per heavy atom. The van der Waals surface area contributed by atoms with Gasteiger partial charge in [-0.25, -0.2) is 9.36 Å². The van der Waals surface area contributed by atoms with Gasteiger partial charge < -0.3 is 14.6 Å². The first-order chi connectivity index (χ1) is 14.4. The smallest absolute Gasteiger partial charge is 0.463 e. The van der Waals surface area contributed by atoms with E-state index in [1.54, 1.807) is 20.8 Å². The predicted molar refractivity (Wildman–Crippen MR) is 105 cm³/mol. The molecule has 0 saturated carbocycles. The Morgan fingerprint density at radius 1 is 1.42 bits per heavy atom. The second kappa shape index (κ2) is 8.97. The number of esters is 1. The maximum Gasteiger partial charge on any atom is 0.475 e. The number of nitrogens with zero attached hydrogens (tertiary/aromatic N) is 1. The summed E-state index contributed by atoms with van der Waals surface area (Å²) in [5.74, 6) is -0.885. The standard InChI is InChI=1S/C18H27N2O10P/c1-10(2)28-15(22)11(3)6-8-26-31(25)27-9-12-14(30-31)18(4,24)16(29-12)20-7-5-13(21)19-17(20)23/h5,7,10-12,14,16,24H,6,8-9H2,1-4H3,(H,19,21,23)/t11-,12-,14-,16-,18-,31?/m1/s1. The molecular weight excluding hydrogens is 435 g/mol. The van der Waals surface area contributed by atoms with Gasteiger partial charge >= 0.3 is 19.5 Å². The van der Waals surface area contributed by atoms with Crippen molar-refractivity contribution in [2.75, 3.05) is 13.2 Å². The Balaban J connectivity index is 1.65. The van der Waals surface area contributed by atoms with E-state index in [0.29, 0.717) is 0 Å². The summed E-state index contributed by atoms with van der Waals surface area (Å²) in [5, 5.41) is 11.0. The van der Waals surface area contributed by atoms with E-state index in [0.717, 1.165) is 10.6 Å². The summed E-state index contributed by atoms with van der Waals surface area (Å²) < 4.78 is 40.7. The second-order valence-electron chi connectivity index (χ2n) is 8.05. The summed E-state index contributed by atoms with van der Waals surface area (Å²) in [6.45, 7) is 6.18. The van der Waals surface area contributed by atoms with E-state index in [1.165, 1.54) is 13.1 Å². The summed E-state index contributed by atoms with van der Waals surface area (Å²) in [6.07, 6.45) is -2.01. The minimum atomic E-state index is -4.05. The van der Waals surface area contributed by atoms with Crippen LogP contribution in [0.2, 0.25) is 0 Å². The zero-order valence-electron chi connectivity index (χ0n) is 17.7. The summed E-state index contributed by atoms with van der Waals surface area (Å²) in [5.41, 5.74) is -3.16. The van der Waals surface area contributed by atoms with E-state index in [4.69, 9.17) is 23.0 Å². The molecule has 31 heavy (non-hydrogen) atoms. The number of carbonyl (C=O) groups is 1.